The molecule has 0 atom stereocenters. The van der Waals surface area contributed by atoms with Crippen molar-refractivity contribution in [2.45, 2.75) is 73.8 Å². The van der Waals surface area contributed by atoms with Crippen LogP contribution in [0.25, 0.3) is 0 Å². The third-order valence-corrected chi connectivity index (χ3v) is 3.36. The van der Waals surface area contributed by atoms with Crippen LogP contribution in [0, 0.1) is 17.8 Å². The molecule has 0 unspecified atom stereocenters. The normalized spacial score (nSPS) is 11.2. The Hall–Kier alpha value is -1.67. The van der Waals surface area contributed by atoms with Gasteiger partial charge in [0, 0.05) is 13.2 Å². The molecule has 0 fully saturated rings. The van der Waals surface area contributed by atoms with Crippen molar-refractivity contribution in [3.63, 3.8) is 0 Å². The second kappa shape index (κ2) is 17.1. The summed E-state index contributed by atoms with van der Waals surface area (Å²) in [6.07, 6.45) is -1.32. The summed E-state index contributed by atoms with van der Waals surface area (Å²) in [6.45, 7) is 17.2. The van der Waals surface area contributed by atoms with Gasteiger partial charge in [0.05, 0.1) is 32.7 Å². The highest BCUT2D eigenvalue weighted by Crippen LogP contribution is 2.21. The highest BCUT2D eigenvalue weighted by molar-refractivity contribution is 5.90. The number of esters is 3. The largest absolute Gasteiger partial charge is 0.465 e. The fourth-order valence-electron chi connectivity index (χ4n) is 1.89. The van der Waals surface area contributed by atoms with Crippen LogP contribution in [0.15, 0.2) is 0 Å². The summed E-state index contributed by atoms with van der Waals surface area (Å²) >= 11 is 0. The maximum Gasteiger partial charge on any atom is 0.339 e. The standard InChI is InChI=1S/C18H32O7.C4H10O/c1-12(2)9-23-15(19)7-18(22,17(21)25-11-14(5)6)8-16(20)24-10-13(3)4;1-3-5-4-2/h12-14,22H,7-11H2,1-6H3;3-4H2,1-2H3. The van der Waals surface area contributed by atoms with Crippen LogP contribution in [-0.2, 0) is 33.3 Å². The molecule has 0 aromatic rings. The average Bonchev–Trinajstić information content (AvgIpc) is 2.63. The molecular weight excluding hydrogens is 392 g/mol. The minimum absolute atomic E-state index is 0.0500. The third-order valence-electron chi connectivity index (χ3n) is 3.36. The predicted molar refractivity (Wildman–Crippen MR) is 114 cm³/mol. The molecule has 0 aliphatic carbocycles. The van der Waals surface area contributed by atoms with Crippen molar-refractivity contribution >= 4 is 17.9 Å². The van der Waals surface area contributed by atoms with Crippen LogP contribution in [0.5, 0.6) is 0 Å². The number of carbonyl (C=O) groups excluding carboxylic acids is 3. The van der Waals surface area contributed by atoms with Crippen LogP contribution < -0.4 is 0 Å². The third kappa shape index (κ3) is 17.2. The van der Waals surface area contributed by atoms with Crippen molar-refractivity contribution in [1.29, 1.82) is 0 Å². The second-order valence-corrected chi connectivity index (χ2v) is 8.31. The Kier molecular flexibility index (Phi) is 17.4. The molecule has 0 spiro atoms. The van der Waals surface area contributed by atoms with Crippen molar-refractivity contribution in [3.8, 4) is 0 Å². The molecule has 0 radical (unpaired) electrons. The van der Waals surface area contributed by atoms with E-state index >= 15 is 0 Å². The number of ether oxygens (including phenoxy) is 4. The molecule has 0 aromatic carbocycles. The van der Waals surface area contributed by atoms with E-state index in [1.54, 1.807) is 0 Å². The lowest BCUT2D eigenvalue weighted by Crippen LogP contribution is -2.45. The van der Waals surface area contributed by atoms with Crippen LogP contribution in [0.3, 0.4) is 0 Å². The molecule has 178 valence electrons. The Bertz CT molecular complexity index is 458. The van der Waals surface area contributed by atoms with Gasteiger partial charge in [-0.25, -0.2) is 4.79 Å². The first-order chi connectivity index (χ1) is 13.9. The van der Waals surface area contributed by atoms with Crippen LogP contribution in [0.4, 0.5) is 0 Å². The quantitative estimate of drug-likeness (QED) is 0.348. The Morgan fingerprint density at radius 2 is 1.03 bits per heavy atom. The van der Waals surface area contributed by atoms with Gasteiger partial charge in [-0.3, -0.25) is 9.59 Å². The molecule has 0 saturated heterocycles. The maximum absolute atomic E-state index is 12.2. The van der Waals surface area contributed by atoms with E-state index in [2.05, 4.69) is 0 Å². The molecule has 0 bridgehead atoms. The molecular formula is C22H42O8. The summed E-state index contributed by atoms with van der Waals surface area (Å²) in [5.41, 5.74) is -2.29. The Labute approximate surface area is 181 Å². The van der Waals surface area contributed by atoms with Gasteiger partial charge >= 0.3 is 17.9 Å². The van der Waals surface area contributed by atoms with Gasteiger partial charge in [-0.1, -0.05) is 41.5 Å². The summed E-state index contributed by atoms with van der Waals surface area (Å²) < 4.78 is 19.8. The molecule has 8 nitrogen and oxygen atoms in total. The number of rotatable bonds is 13. The van der Waals surface area contributed by atoms with Crippen molar-refractivity contribution in [1.82, 2.24) is 0 Å². The molecule has 0 saturated carbocycles. The molecule has 8 heteroatoms. The van der Waals surface area contributed by atoms with E-state index in [0.29, 0.717) is 0 Å². The van der Waals surface area contributed by atoms with Crippen LogP contribution in [-0.4, -0.2) is 61.6 Å². The zero-order chi connectivity index (χ0) is 23.7. The number of hydrogen-bond donors (Lipinski definition) is 1. The number of aliphatic hydroxyl groups is 1. The fraction of sp³-hybridized carbons (Fsp3) is 0.864. The van der Waals surface area contributed by atoms with Gasteiger partial charge in [-0.2, -0.15) is 0 Å². The first-order valence-electron chi connectivity index (χ1n) is 10.7. The summed E-state index contributed by atoms with van der Waals surface area (Å²) in [4.78, 5) is 36.1. The smallest absolute Gasteiger partial charge is 0.339 e. The Morgan fingerprint density at radius 1 is 0.700 bits per heavy atom. The lowest BCUT2D eigenvalue weighted by atomic mass is 9.95. The van der Waals surface area contributed by atoms with E-state index in [9.17, 15) is 19.5 Å². The maximum atomic E-state index is 12.2. The minimum atomic E-state index is -2.29. The fourth-order valence-corrected chi connectivity index (χ4v) is 1.89. The van der Waals surface area contributed by atoms with E-state index in [1.807, 2.05) is 55.4 Å². The summed E-state index contributed by atoms with van der Waals surface area (Å²) in [7, 11) is 0. The molecule has 0 aromatic heterocycles. The van der Waals surface area contributed by atoms with Gasteiger partial charge in [-0.15, -0.1) is 0 Å². The van der Waals surface area contributed by atoms with Gasteiger partial charge in [0.2, 0.25) is 0 Å². The summed E-state index contributed by atoms with van der Waals surface area (Å²) in [5, 5.41) is 10.6. The lowest BCUT2D eigenvalue weighted by Gasteiger charge is -2.25. The van der Waals surface area contributed by atoms with Gasteiger partial charge in [0.25, 0.3) is 0 Å². The van der Waals surface area contributed by atoms with Gasteiger partial charge < -0.3 is 24.1 Å². The highest BCUT2D eigenvalue weighted by Gasteiger charge is 2.43. The lowest BCUT2D eigenvalue weighted by molar-refractivity contribution is -0.179. The number of hydrogen-bond acceptors (Lipinski definition) is 8. The highest BCUT2D eigenvalue weighted by atomic mass is 16.6. The van der Waals surface area contributed by atoms with E-state index in [0.717, 1.165) is 13.2 Å². The monoisotopic (exact) mass is 434 g/mol. The van der Waals surface area contributed by atoms with E-state index in [4.69, 9.17) is 18.9 Å². The SMILES string of the molecule is CC(C)COC(=O)CC(O)(CC(=O)OCC(C)C)C(=O)OCC(C)C.CCOCC. The molecule has 0 heterocycles. The van der Waals surface area contributed by atoms with Gasteiger partial charge in [0.1, 0.15) is 0 Å². The predicted octanol–water partition coefficient (Wildman–Crippen LogP) is 3.14. The molecule has 1 N–H and O–H groups in total. The minimum Gasteiger partial charge on any atom is -0.465 e. The molecule has 30 heavy (non-hydrogen) atoms. The Balaban J connectivity index is 0. The first kappa shape index (κ1) is 30.5. The summed E-state index contributed by atoms with van der Waals surface area (Å²) in [5.74, 6) is -2.29. The van der Waals surface area contributed by atoms with E-state index < -0.39 is 36.4 Å². The topological polar surface area (TPSA) is 108 Å². The zero-order valence-corrected chi connectivity index (χ0v) is 20.0. The Morgan fingerprint density at radius 3 is 1.30 bits per heavy atom. The van der Waals surface area contributed by atoms with Crippen molar-refractivity contribution < 1.29 is 38.4 Å². The molecule has 0 aliphatic rings. The first-order valence-corrected chi connectivity index (χ1v) is 10.7. The molecule has 0 amide bonds. The van der Waals surface area contributed by atoms with Crippen molar-refractivity contribution in [2.24, 2.45) is 17.8 Å². The number of carbonyl (C=O) groups is 3. The molecule has 0 aliphatic heterocycles. The van der Waals surface area contributed by atoms with Crippen LogP contribution in [0.1, 0.15) is 68.2 Å². The average molecular weight is 435 g/mol. The van der Waals surface area contributed by atoms with Crippen molar-refractivity contribution in [3.05, 3.63) is 0 Å². The second-order valence-electron chi connectivity index (χ2n) is 8.31. The van der Waals surface area contributed by atoms with E-state index in [-0.39, 0.29) is 37.6 Å². The van der Waals surface area contributed by atoms with Crippen molar-refractivity contribution in [2.75, 3.05) is 33.0 Å². The van der Waals surface area contributed by atoms with Gasteiger partial charge in [-0.05, 0) is 31.6 Å². The summed E-state index contributed by atoms with van der Waals surface area (Å²) in [6, 6.07) is 0. The van der Waals surface area contributed by atoms with Crippen LogP contribution in [0.2, 0.25) is 0 Å². The molecule has 0 rings (SSSR count). The van der Waals surface area contributed by atoms with E-state index in [1.165, 1.54) is 0 Å². The van der Waals surface area contributed by atoms with Gasteiger partial charge in [0.15, 0.2) is 5.60 Å². The zero-order valence-electron chi connectivity index (χ0n) is 20.0. The van der Waals surface area contributed by atoms with Crippen LogP contribution >= 0.6 is 0 Å².